The van der Waals surface area contributed by atoms with E-state index in [2.05, 4.69) is 19.9 Å². The van der Waals surface area contributed by atoms with Gasteiger partial charge in [-0.05, 0) is 51.6 Å². The van der Waals surface area contributed by atoms with Gasteiger partial charge in [-0.3, -0.25) is 4.90 Å². The Hall–Kier alpha value is -2.90. The molecule has 2 fully saturated rings. The highest BCUT2D eigenvalue weighted by atomic mass is 32.2. The first kappa shape index (κ1) is 25.2. The highest BCUT2D eigenvalue weighted by molar-refractivity contribution is 7.91. The first-order valence-electron chi connectivity index (χ1n) is 11.4. The van der Waals surface area contributed by atoms with Crippen molar-refractivity contribution in [3.8, 4) is 0 Å². The lowest BCUT2D eigenvalue weighted by atomic mass is 10.0. The number of benzene rings is 1. The second-order valence-electron chi connectivity index (χ2n) is 8.53. The van der Waals surface area contributed by atoms with Crippen molar-refractivity contribution in [2.24, 2.45) is 5.92 Å². The summed E-state index contributed by atoms with van der Waals surface area (Å²) in [5.74, 6) is 0.422. The van der Waals surface area contributed by atoms with Crippen LogP contribution in [0.1, 0.15) is 19.0 Å². The molecular weight excluding hydrogens is 492 g/mol. The quantitative estimate of drug-likeness (QED) is 0.598. The van der Waals surface area contributed by atoms with Crippen LogP contribution in [-0.4, -0.2) is 76.8 Å². The number of aromatic nitrogens is 1. The minimum absolute atomic E-state index is 0.0800. The third-order valence-corrected chi connectivity index (χ3v) is 9.63. The van der Waals surface area contributed by atoms with E-state index in [-0.39, 0.29) is 21.5 Å². The molecule has 190 valence electrons. The average molecular weight is 523 g/mol. The van der Waals surface area contributed by atoms with Crippen molar-refractivity contribution in [1.82, 2.24) is 14.6 Å². The molecule has 0 saturated carbocycles. The number of thiazole rings is 1. The van der Waals surface area contributed by atoms with E-state index in [4.69, 9.17) is 4.74 Å². The number of likely N-dealkylation sites (tertiary alicyclic amines) is 1. The molecule has 0 aliphatic carbocycles. The van der Waals surface area contributed by atoms with Crippen molar-refractivity contribution >= 4 is 50.0 Å². The Morgan fingerprint density at radius 2 is 1.97 bits per heavy atom. The lowest BCUT2D eigenvalue weighted by molar-refractivity contribution is 0.113. The van der Waals surface area contributed by atoms with E-state index in [1.165, 1.54) is 19.0 Å². The number of amides is 3. The highest BCUT2D eigenvalue weighted by Crippen LogP contribution is 2.36. The number of carbonyl (C=O) groups excluding carboxylic acids is 2. The van der Waals surface area contributed by atoms with Gasteiger partial charge in [0.2, 0.25) is 0 Å². The van der Waals surface area contributed by atoms with Crippen LogP contribution in [0.25, 0.3) is 0 Å². The van der Waals surface area contributed by atoms with Gasteiger partial charge in [0.25, 0.3) is 10.0 Å². The zero-order valence-corrected chi connectivity index (χ0v) is 21.8. The topological polar surface area (TPSA) is 124 Å². The van der Waals surface area contributed by atoms with Gasteiger partial charge in [-0.2, -0.15) is 0 Å². The van der Waals surface area contributed by atoms with Crippen LogP contribution in [0.3, 0.4) is 0 Å². The summed E-state index contributed by atoms with van der Waals surface area (Å²) in [5, 5.41) is 3.10. The number of carbonyl (C=O) groups is 2. The standard InChI is InChI=1S/C22H30N6O5S2/c1-5-33-22(30)27-12-15-10-11-28(18(15)13-27)17-8-6-16(7-9-17)25-20(29)26(4)21-24-14(2)19(34-21)35(31,32)23-3/h6-9,15,18,23H,5,10-13H2,1-4H3,(H,25,29). The Kier molecular flexibility index (Phi) is 7.20. The van der Waals surface area contributed by atoms with E-state index in [0.717, 1.165) is 30.0 Å². The maximum Gasteiger partial charge on any atom is 0.409 e. The number of aryl methyl sites for hydroxylation is 1. The van der Waals surface area contributed by atoms with Crippen LogP contribution in [0.2, 0.25) is 0 Å². The number of rotatable bonds is 6. The van der Waals surface area contributed by atoms with E-state index < -0.39 is 16.1 Å². The molecule has 0 radical (unpaired) electrons. The Labute approximate surface area is 209 Å². The average Bonchev–Trinajstić information content (AvgIpc) is 3.53. The minimum Gasteiger partial charge on any atom is -0.450 e. The maximum atomic E-state index is 12.8. The fraction of sp³-hybridized carbons (Fsp3) is 0.500. The number of ether oxygens (including phenoxy) is 1. The summed E-state index contributed by atoms with van der Waals surface area (Å²) in [6.45, 7) is 6.05. The number of fused-ring (bicyclic) bond motifs is 1. The summed E-state index contributed by atoms with van der Waals surface area (Å²) in [7, 11) is -0.770. The third-order valence-electron chi connectivity index (χ3n) is 6.37. The number of nitrogens with zero attached hydrogens (tertiary/aromatic N) is 4. The maximum absolute atomic E-state index is 12.8. The van der Waals surface area contributed by atoms with E-state index in [1.807, 2.05) is 31.2 Å². The summed E-state index contributed by atoms with van der Waals surface area (Å²) < 4.78 is 31.7. The van der Waals surface area contributed by atoms with Gasteiger partial charge >= 0.3 is 12.1 Å². The van der Waals surface area contributed by atoms with Crippen LogP contribution in [0.5, 0.6) is 0 Å². The van der Waals surface area contributed by atoms with E-state index in [0.29, 0.717) is 37.0 Å². The van der Waals surface area contributed by atoms with Crippen molar-refractivity contribution in [2.45, 2.75) is 30.5 Å². The monoisotopic (exact) mass is 522 g/mol. The van der Waals surface area contributed by atoms with Crippen LogP contribution < -0.4 is 19.8 Å². The zero-order chi connectivity index (χ0) is 25.3. The first-order valence-corrected chi connectivity index (χ1v) is 13.7. The lowest BCUT2D eigenvalue weighted by Gasteiger charge is -2.27. The van der Waals surface area contributed by atoms with Gasteiger partial charge in [-0.25, -0.2) is 27.7 Å². The molecule has 35 heavy (non-hydrogen) atoms. The van der Waals surface area contributed by atoms with Gasteiger partial charge in [0.1, 0.15) is 0 Å². The van der Waals surface area contributed by atoms with Gasteiger partial charge < -0.3 is 19.9 Å². The van der Waals surface area contributed by atoms with E-state index >= 15 is 0 Å². The zero-order valence-electron chi connectivity index (χ0n) is 20.1. The molecular formula is C22H30N6O5S2. The fourth-order valence-electron chi connectivity index (χ4n) is 4.53. The second-order valence-corrected chi connectivity index (χ2v) is 11.6. The molecule has 2 aliphatic rings. The van der Waals surface area contributed by atoms with Gasteiger partial charge in [0.15, 0.2) is 9.34 Å². The van der Waals surface area contributed by atoms with Crippen LogP contribution in [0, 0.1) is 12.8 Å². The van der Waals surface area contributed by atoms with Gasteiger partial charge in [0, 0.05) is 44.0 Å². The molecule has 2 aromatic rings. The Bertz CT molecular complexity index is 1200. The number of urea groups is 1. The fourth-order valence-corrected chi connectivity index (χ4v) is 6.82. The van der Waals surface area contributed by atoms with Crippen LogP contribution >= 0.6 is 11.3 Å². The van der Waals surface area contributed by atoms with Crippen LogP contribution in [0.4, 0.5) is 26.1 Å². The summed E-state index contributed by atoms with van der Waals surface area (Å²) >= 11 is 0.931. The van der Waals surface area contributed by atoms with Crippen LogP contribution in [0.15, 0.2) is 28.5 Å². The predicted molar refractivity (Wildman–Crippen MR) is 135 cm³/mol. The molecule has 2 N–H and O–H groups in total. The predicted octanol–water partition coefficient (Wildman–Crippen LogP) is 2.69. The molecule has 11 nitrogen and oxygen atoms in total. The smallest absolute Gasteiger partial charge is 0.409 e. The van der Waals surface area contributed by atoms with Gasteiger partial charge in [0.05, 0.1) is 18.3 Å². The Morgan fingerprint density at radius 3 is 2.63 bits per heavy atom. The summed E-state index contributed by atoms with van der Waals surface area (Å²) in [4.78, 5) is 34.5. The van der Waals surface area contributed by atoms with E-state index in [9.17, 15) is 18.0 Å². The first-order chi connectivity index (χ1) is 16.6. The molecule has 1 aromatic heterocycles. The number of sulfonamides is 1. The largest absolute Gasteiger partial charge is 0.450 e. The van der Waals surface area contributed by atoms with Gasteiger partial charge in [-0.1, -0.05) is 11.3 Å². The number of hydrogen-bond acceptors (Lipinski definition) is 8. The normalized spacial score (nSPS) is 19.5. The van der Waals surface area contributed by atoms with Crippen molar-refractivity contribution in [2.75, 3.05) is 55.5 Å². The number of anilines is 3. The number of hydrogen-bond donors (Lipinski definition) is 2. The molecule has 13 heteroatoms. The number of nitrogens with one attached hydrogen (secondary N) is 2. The second kappa shape index (κ2) is 9.99. The molecule has 3 heterocycles. The molecule has 2 aliphatic heterocycles. The lowest BCUT2D eigenvalue weighted by Crippen LogP contribution is -2.37. The molecule has 0 spiro atoms. The highest BCUT2D eigenvalue weighted by Gasteiger charge is 2.43. The molecule has 4 rings (SSSR count). The Balaban J connectivity index is 1.40. The summed E-state index contributed by atoms with van der Waals surface area (Å²) in [6.07, 6.45) is 0.762. The van der Waals surface area contributed by atoms with Crippen molar-refractivity contribution < 1.29 is 22.7 Å². The van der Waals surface area contributed by atoms with Gasteiger partial charge in [-0.15, -0.1) is 0 Å². The van der Waals surface area contributed by atoms with Crippen molar-refractivity contribution in [3.05, 3.63) is 30.0 Å². The Morgan fingerprint density at radius 1 is 1.26 bits per heavy atom. The van der Waals surface area contributed by atoms with E-state index in [1.54, 1.807) is 11.8 Å². The molecule has 2 saturated heterocycles. The summed E-state index contributed by atoms with van der Waals surface area (Å²) in [5.41, 5.74) is 1.98. The molecule has 0 bridgehead atoms. The minimum atomic E-state index is -3.64. The molecule has 1 aromatic carbocycles. The van der Waals surface area contributed by atoms with Crippen molar-refractivity contribution in [3.63, 3.8) is 0 Å². The SMILES string of the molecule is CCOC(=O)N1CC2CCN(c3ccc(NC(=O)N(C)c4nc(C)c(S(=O)(=O)NC)s4)cc3)C2C1. The molecule has 2 atom stereocenters. The van der Waals surface area contributed by atoms with Crippen LogP contribution in [-0.2, 0) is 14.8 Å². The van der Waals surface area contributed by atoms with Crippen molar-refractivity contribution in [1.29, 1.82) is 0 Å². The molecule has 2 unspecified atom stereocenters. The third kappa shape index (κ3) is 5.07. The molecule has 3 amide bonds. The summed E-state index contributed by atoms with van der Waals surface area (Å²) in [6, 6.07) is 7.39.